The van der Waals surface area contributed by atoms with Gasteiger partial charge in [0.1, 0.15) is 48.3 Å². The molecular formula is C51H61N5O12. The summed E-state index contributed by atoms with van der Waals surface area (Å²) in [4.78, 5) is 59.6. The highest BCUT2D eigenvalue weighted by Crippen LogP contribution is 2.18. The van der Waals surface area contributed by atoms with Gasteiger partial charge in [-0.05, 0) is 82.9 Å². The first kappa shape index (κ1) is 51.6. The molecule has 0 radical (unpaired) electrons. The van der Waals surface area contributed by atoms with Crippen LogP contribution >= 0.6 is 0 Å². The molecule has 0 fully saturated rings. The second kappa shape index (κ2) is 27.3. The number of methoxy groups -OCH3 is 2. The van der Waals surface area contributed by atoms with E-state index in [0.717, 1.165) is 33.6 Å². The third-order valence-electron chi connectivity index (χ3n) is 10.2. The Kier molecular flexibility index (Phi) is 20.7. The number of alkyl carbamates (subject to hydrolysis) is 2. The molecule has 1 aromatic heterocycles. The molecule has 0 aliphatic rings. The Balaban J connectivity index is 1.05. The van der Waals surface area contributed by atoms with Gasteiger partial charge in [0.2, 0.25) is 0 Å². The van der Waals surface area contributed by atoms with Gasteiger partial charge in [0.15, 0.2) is 0 Å². The van der Waals surface area contributed by atoms with Crippen LogP contribution < -0.4 is 29.9 Å². The van der Waals surface area contributed by atoms with Gasteiger partial charge in [-0.15, -0.1) is 0 Å². The zero-order valence-electron chi connectivity index (χ0n) is 39.4. The van der Waals surface area contributed by atoms with Gasteiger partial charge in [-0.1, -0.05) is 54.6 Å². The minimum atomic E-state index is -0.776. The average Bonchev–Trinajstić information content (AvgIpc) is 3.35. The number of amides is 2. The molecule has 2 atom stereocenters. The largest absolute Gasteiger partial charge is 0.497 e. The maximum atomic E-state index is 12.9. The van der Waals surface area contributed by atoms with Crippen molar-refractivity contribution < 1.29 is 57.1 Å². The molecule has 2 unspecified atom stereocenters. The molecule has 2 N–H and O–H groups in total. The summed E-state index contributed by atoms with van der Waals surface area (Å²) >= 11 is 0. The van der Waals surface area contributed by atoms with Crippen molar-refractivity contribution in [1.82, 2.24) is 15.6 Å². The van der Waals surface area contributed by atoms with Gasteiger partial charge in [0, 0.05) is 65.5 Å². The van der Waals surface area contributed by atoms with Gasteiger partial charge in [0.05, 0.1) is 40.6 Å². The third kappa shape index (κ3) is 17.8. The molecule has 362 valence electrons. The molecule has 17 nitrogen and oxygen atoms in total. The quantitative estimate of drug-likeness (QED) is 0.0341. The highest BCUT2D eigenvalue weighted by Gasteiger charge is 2.20. The van der Waals surface area contributed by atoms with Crippen LogP contribution in [0.1, 0.15) is 43.2 Å². The number of rotatable bonds is 26. The molecule has 2 amide bonds. The number of benzene rings is 4. The van der Waals surface area contributed by atoms with E-state index in [-0.39, 0.29) is 64.1 Å². The summed E-state index contributed by atoms with van der Waals surface area (Å²) in [5, 5.41) is 5.58. The van der Waals surface area contributed by atoms with E-state index in [1.165, 1.54) is 18.2 Å². The van der Waals surface area contributed by atoms with Gasteiger partial charge < -0.3 is 58.3 Å². The summed E-state index contributed by atoms with van der Waals surface area (Å²) in [6.45, 7) is 0.293. The monoisotopic (exact) mass is 935 g/mol. The van der Waals surface area contributed by atoms with E-state index in [0.29, 0.717) is 24.3 Å². The standard InChI is InChI=1S/C51H61N5O12/c1-55(2)40-20-16-36(17-21-40)32-52-50(59)67-44(30-38-10-7-12-42(28-38)61-5)34-63-24-26-65-48(57)46-14-9-15-47(54-46)49(58)66-27-25-64-35-45(31-39-11-8-13-43(29-39)62-6)68-51(60)53-33-37-18-22-41(23-19-37)56(3)4/h7-23,28-29,44-45H,24-27,30-35H2,1-6H3,(H,52,59)(H,53,60). The van der Waals surface area contributed by atoms with E-state index in [2.05, 4.69) is 15.6 Å². The average molecular weight is 936 g/mol. The molecule has 0 saturated carbocycles. The Morgan fingerprint density at radius 1 is 0.515 bits per heavy atom. The number of hydrogen-bond donors (Lipinski definition) is 2. The van der Waals surface area contributed by atoms with E-state index in [4.69, 9.17) is 37.9 Å². The number of nitrogens with zero attached hydrogens (tertiary/aromatic N) is 3. The number of carbonyl (C=O) groups is 4. The highest BCUT2D eigenvalue weighted by molar-refractivity contribution is 5.91. The molecule has 5 rings (SSSR count). The summed E-state index contributed by atoms with van der Waals surface area (Å²) in [6.07, 6.45) is -1.89. The number of carbonyl (C=O) groups excluding carboxylic acids is 4. The van der Waals surface area contributed by atoms with Crippen molar-refractivity contribution in [2.24, 2.45) is 0 Å². The number of hydrogen-bond acceptors (Lipinski definition) is 15. The van der Waals surface area contributed by atoms with E-state index < -0.39 is 36.3 Å². The molecule has 68 heavy (non-hydrogen) atoms. The van der Waals surface area contributed by atoms with Crippen molar-refractivity contribution in [2.75, 3.05) is 91.9 Å². The second-order valence-corrected chi connectivity index (χ2v) is 15.8. The first-order chi connectivity index (χ1) is 32.9. The van der Waals surface area contributed by atoms with Gasteiger partial charge in [0.25, 0.3) is 0 Å². The maximum Gasteiger partial charge on any atom is 0.407 e. The van der Waals surface area contributed by atoms with Gasteiger partial charge >= 0.3 is 24.1 Å². The molecule has 4 aromatic carbocycles. The van der Waals surface area contributed by atoms with Crippen molar-refractivity contribution in [1.29, 1.82) is 0 Å². The lowest BCUT2D eigenvalue weighted by molar-refractivity contribution is -0.000889. The number of ether oxygens (including phenoxy) is 8. The lowest BCUT2D eigenvalue weighted by Crippen LogP contribution is -2.33. The number of nitrogens with one attached hydrogen (secondary N) is 2. The third-order valence-corrected chi connectivity index (χ3v) is 10.2. The molecule has 0 aliphatic heterocycles. The fourth-order valence-corrected chi connectivity index (χ4v) is 6.58. The lowest BCUT2D eigenvalue weighted by atomic mass is 10.1. The smallest absolute Gasteiger partial charge is 0.407 e. The Labute approximate surface area is 397 Å². The Hall–Kier alpha value is -7.37. The Bertz CT molecular complexity index is 2200. The number of pyridine rings is 1. The predicted molar refractivity (Wildman–Crippen MR) is 256 cm³/mol. The minimum absolute atomic E-state index is 0.00687. The molecule has 17 heteroatoms. The van der Waals surface area contributed by atoms with Gasteiger partial charge in [-0.2, -0.15) is 0 Å². The summed E-state index contributed by atoms with van der Waals surface area (Å²) in [7, 11) is 11.0. The SMILES string of the molecule is COc1cccc(CC(COCCOC(=O)c2cccc(C(=O)OCCOCC(Cc3cccc(OC)c3)OC(=O)NCc3ccc(N(C)C)cc3)n2)OC(=O)NCc2ccc(N(C)C)cc2)c1. The van der Waals surface area contributed by atoms with Crippen molar-refractivity contribution in [3.05, 3.63) is 149 Å². The van der Waals surface area contributed by atoms with E-state index in [1.54, 1.807) is 14.2 Å². The molecular weight excluding hydrogens is 875 g/mol. The summed E-state index contributed by atoms with van der Waals surface area (Å²) in [5.74, 6) is -0.230. The Morgan fingerprint density at radius 3 is 1.29 bits per heavy atom. The number of anilines is 2. The zero-order valence-corrected chi connectivity index (χ0v) is 39.4. The van der Waals surface area contributed by atoms with Crippen LogP contribution in [-0.2, 0) is 54.4 Å². The van der Waals surface area contributed by atoms with E-state index >= 15 is 0 Å². The van der Waals surface area contributed by atoms with Crippen molar-refractivity contribution in [3.63, 3.8) is 0 Å². The first-order valence-corrected chi connectivity index (χ1v) is 22.0. The summed E-state index contributed by atoms with van der Waals surface area (Å²) in [6, 6.07) is 34.7. The van der Waals surface area contributed by atoms with E-state index in [9.17, 15) is 19.2 Å². The van der Waals surface area contributed by atoms with Crippen LogP contribution in [0.5, 0.6) is 11.5 Å². The molecule has 0 aliphatic carbocycles. The fourth-order valence-electron chi connectivity index (χ4n) is 6.58. The van der Waals surface area contributed by atoms with Crippen LogP contribution in [-0.4, -0.2) is 123 Å². The zero-order chi connectivity index (χ0) is 48.7. The van der Waals surface area contributed by atoms with Crippen LogP contribution in [0.25, 0.3) is 0 Å². The van der Waals surface area contributed by atoms with Crippen molar-refractivity contribution in [2.45, 2.75) is 38.1 Å². The van der Waals surface area contributed by atoms with Crippen LogP contribution in [0, 0.1) is 0 Å². The predicted octanol–water partition coefficient (Wildman–Crippen LogP) is 6.65. The maximum absolute atomic E-state index is 12.9. The van der Waals surface area contributed by atoms with Crippen molar-refractivity contribution >= 4 is 35.5 Å². The number of aromatic nitrogens is 1. The van der Waals surface area contributed by atoms with E-state index in [1.807, 2.05) is 135 Å². The van der Waals surface area contributed by atoms with Crippen LogP contribution in [0.3, 0.4) is 0 Å². The molecule has 0 saturated heterocycles. The van der Waals surface area contributed by atoms with Crippen LogP contribution in [0.2, 0.25) is 0 Å². The van der Waals surface area contributed by atoms with Crippen LogP contribution in [0.4, 0.5) is 21.0 Å². The molecule has 0 bridgehead atoms. The highest BCUT2D eigenvalue weighted by atomic mass is 16.6. The normalized spacial score (nSPS) is 11.6. The summed E-state index contributed by atoms with van der Waals surface area (Å²) < 4.78 is 44.5. The van der Waals surface area contributed by atoms with Crippen molar-refractivity contribution in [3.8, 4) is 11.5 Å². The topological polar surface area (TPSA) is 186 Å². The number of esters is 2. The second-order valence-electron chi connectivity index (χ2n) is 15.8. The summed E-state index contributed by atoms with van der Waals surface area (Å²) in [5.41, 5.74) is 5.42. The van der Waals surface area contributed by atoms with Gasteiger partial charge in [-0.25, -0.2) is 24.2 Å². The molecule has 1 heterocycles. The van der Waals surface area contributed by atoms with Gasteiger partial charge in [-0.3, -0.25) is 0 Å². The first-order valence-electron chi connectivity index (χ1n) is 22.0. The Morgan fingerprint density at radius 2 is 0.912 bits per heavy atom. The van der Waals surface area contributed by atoms with Crippen LogP contribution in [0.15, 0.2) is 115 Å². The lowest BCUT2D eigenvalue weighted by Gasteiger charge is -2.19. The molecule has 5 aromatic rings. The molecule has 0 spiro atoms. The minimum Gasteiger partial charge on any atom is -0.497 e. The fraction of sp³-hybridized carbons (Fsp3) is 0.353.